The van der Waals surface area contributed by atoms with Crippen LogP contribution in [0.1, 0.15) is 42.4 Å². The Morgan fingerprint density at radius 1 is 1.22 bits per heavy atom. The summed E-state index contributed by atoms with van der Waals surface area (Å²) in [7, 11) is 0. The Bertz CT molecular complexity index is 807. The molecule has 120 valence electrons. The van der Waals surface area contributed by atoms with Crippen LogP contribution >= 0.6 is 11.8 Å². The van der Waals surface area contributed by atoms with Gasteiger partial charge in [0.1, 0.15) is 12.1 Å². The molecule has 0 fully saturated rings. The summed E-state index contributed by atoms with van der Waals surface area (Å²) < 4.78 is 5.63. The van der Waals surface area contributed by atoms with Crippen LogP contribution in [0.3, 0.4) is 0 Å². The van der Waals surface area contributed by atoms with Crippen molar-refractivity contribution in [2.45, 2.75) is 44.5 Å². The van der Waals surface area contributed by atoms with E-state index in [0.717, 1.165) is 22.2 Å². The van der Waals surface area contributed by atoms with E-state index in [1.54, 1.807) is 18.0 Å². The molecule has 0 aliphatic carbocycles. The first-order valence-corrected chi connectivity index (χ1v) is 8.58. The zero-order valence-electron chi connectivity index (χ0n) is 13.8. The predicted molar refractivity (Wildman–Crippen MR) is 91.4 cm³/mol. The second-order valence-corrected chi connectivity index (χ2v) is 6.85. The number of aromatic amines is 1. The fourth-order valence-electron chi connectivity index (χ4n) is 2.27. The SMILES string of the molecule is Cc1ccc(-c2nc(CSc3n[nH]c(C(C)C)n3)co2)c(C)c1. The van der Waals surface area contributed by atoms with Gasteiger partial charge in [-0.25, -0.2) is 9.97 Å². The average Bonchev–Trinajstić information content (AvgIpc) is 3.14. The minimum atomic E-state index is 0.347. The van der Waals surface area contributed by atoms with Gasteiger partial charge >= 0.3 is 0 Å². The van der Waals surface area contributed by atoms with E-state index in [9.17, 15) is 0 Å². The molecule has 3 aromatic rings. The highest BCUT2D eigenvalue weighted by Gasteiger charge is 2.12. The second kappa shape index (κ2) is 6.58. The van der Waals surface area contributed by atoms with Crippen LogP contribution in [0.25, 0.3) is 11.5 Å². The van der Waals surface area contributed by atoms with Gasteiger partial charge in [-0.15, -0.1) is 5.10 Å². The van der Waals surface area contributed by atoms with Crippen molar-refractivity contribution in [1.29, 1.82) is 0 Å². The standard InChI is InChI=1S/C17H20N4OS/c1-10(2)15-19-17(21-20-15)23-9-13-8-22-16(18-13)14-6-5-11(3)7-12(14)4/h5-8,10H,9H2,1-4H3,(H,19,20,21). The van der Waals surface area contributed by atoms with Crippen molar-refractivity contribution in [2.75, 3.05) is 0 Å². The van der Waals surface area contributed by atoms with Crippen LogP contribution in [0.5, 0.6) is 0 Å². The highest BCUT2D eigenvalue weighted by atomic mass is 32.2. The maximum atomic E-state index is 5.63. The molecule has 0 saturated carbocycles. The molecule has 0 spiro atoms. The molecule has 0 bridgehead atoms. The first-order chi connectivity index (χ1) is 11.0. The minimum Gasteiger partial charge on any atom is -0.444 e. The number of thioether (sulfide) groups is 1. The Morgan fingerprint density at radius 3 is 2.74 bits per heavy atom. The van der Waals surface area contributed by atoms with Gasteiger partial charge in [0.2, 0.25) is 11.0 Å². The highest BCUT2D eigenvalue weighted by molar-refractivity contribution is 7.98. The minimum absolute atomic E-state index is 0.347. The molecular weight excluding hydrogens is 308 g/mol. The van der Waals surface area contributed by atoms with E-state index in [-0.39, 0.29) is 0 Å². The van der Waals surface area contributed by atoms with Crippen molar-refractivity contribution >= 4 is 11.8 Å². The molecule has 0 atom stereocenters. The van der Waals surface area contributed by atoms with Crippen molar-refractivity contribution in [3.63, 3.8) is 0 Å². The zero-order chi connectivity index (χ0) is 16.4. The van der Waals surface area contributed by atoms with Crippen molar-refractivity contribution in [3.8, 4) is 11.5 Å². The maximum absolute atomic E-state index is 5.63. The summed E-state index contributed by atoms with van der Waals surface area (Å²) in [5.74, 6) is 2.60. The van der Waals surface area contributed by atoms with E-state index < -0.39 is 0 Å². The van der Waals surface area contributed by atoms with Gasteiger partial charge < -0.3 is 4.42 Å². The van der Waals surface area contributed by atoms with Crippen molar-refractivity contribution in [3.05, 3.63) is 47.1 Å². The molecule has 2 heterocycles. The number of aryl methyl sites for hydroxylation is 2. The Hall–Kier alpha value is -2.08. The molecule has 0 unspecified atom stereocenters. The summed E-state index contributed by atoms with van der Waals surface area (Å²) in [6.07, 6.45) is 1.71. The lowest BCUT2D eigenvalue weighted by Crippen LogP contribution is -1.89. The maximum Gasteiger partial charge on any atom is 0.226 e. The number of hydrogen-bond donors (Lipinski definition) is 1. The Balaban J connectivity index is 1.69. The Labute approximate surface area is 139 Å². The summed E-state index contributed by atoms with van der Waals surface area (Å²) >= 11 is 1.55. The van der Waals surface area contributed by atoms with Gasteiger partial charge in [0, 0.05) is 17.2 Å². The molecule has 1 N–H and O–H groups in total. The molecule has 3 rings (SSSR count). The fourth-order valence-corrected chi connectivity index (χ4v) is 2.95. The monoisotopic (exact) mass is 328 g/mol. The van der Waals surface area contributed by atoms with Crippen LogP contribution in [0, 0.1) is 13.8 Å². The van der Waals surface area contributed by atoms with Crippen molar-refractivity contribution < 1.29 is 4.42 Å². The number of oxazole rings is 1. The summed E-state index contributed by atoms with van der Waals surface area (Å²) in [6.45, 7) is 8.32. The summed E-state index contributed by atoms with van der Waals surface area (Å²) in [6, 6.07) is 6.26. The topological polar surface area (TPSA) is 67.6 Å². The summed E-state index contributed by atoms with van der Waals surface area (Å²) in [5.41, 5.74) is 4.33. The quantitative estimate of drug-likeness (QED) is 0.699. The number of aromatic nitrogens is 4. The molecule has 0 aliphatic rings. The highest BCUT2D eigenvalue weighted by Crippen LogP contribution is 2.26. The molecule has 6 heteroatoms. The molecule has 23 heavy (non-hydrogen) atoms. The lowest BCUT2D eigenvalue weighted by atomic mass is 10.1. The fraction of sp³-hybridized carbons (Fsp3) is 0.353. The first-order valence-electron chi connectivity index (χ1n) is 7.60. The van der Waals surface area contributed by atoms with E-state index in [4.69, 9.17) is 4.42 Å². The van der Waals surface area contributed by atoms with Crippen LogP contribution in [0.2, 0.25) is 0 Å². The van der Waals surface area contributed by atoms with E-state index in [1.807, 2.05) is 0 Å². The van der Waals surface area contributed by atoms with Gasteiger partial charge in [-0.05, 0) is 25.5 Å². The molecule has 0 aliphatic heterocycles. The molecule has 1 aromatic carbocycles. The number of nitrogens with one attached hydrogen (secondary N) is 1. The van der Waals surface area contributed by atoms with Gasteiger partial charge in [0.25, 0.3) is 0 Å². The van der Waals surface area contributed by atoms with Crippen molar-refractivity contribution in [1.82, 2.24) is 20.2 Å². The number of hydrogen-bond acceptors (Lipinski definition) is 5. The van der Waals surface area contributed by atoms with E-state index in [2.05, 4.69) is 66.1 Å². The van der Waals surface area contributed by atoms with Crippen molar-refractivity contribution in [2.24, 2.45) is 0 Å². The van der Waals surface area contributed by atoms with Crippen LogP contribution in [-0.2, 0) is 5.75 Å². The van der Waals surface area contributed by atoms with E-state index in [1.165, 1.54) is 11.1 Å². The molecule has 5 nitrogen and oxygen atoms in total. The normalized spacial score (nSPS) is 11.3. The van der Waals surface area contributed by atoms with Gasteiger partial charge in [0.05, 0.1) is 5.69 Å². The van der Waals surface area contributed by atoms with Gasteiger partial charge in [-0.2, -0.15) is 0 Å². The average molecular weight is 328 g/mol. The van der Waals surface area contributed by atoms with Gasteiger partial charge in [-0.3, -0.25) is 5.10 Å². The molecular formula is C17H20N4OS. The van der Waals surface area contributed by atoms with Gasteiger partial charge in [0.15, 0.2) is 0 Å². The lowest BCUT2D eigenvalue weighted by molar-refractivity contribution is 0.573. The smallest absolute Gasteiger partial charge is 0.226 e. The van der Waals surface area contributed by atoms with Crippen LogP contribution in [-0.4, -0.2) is 20.2 Å². The van der Waals surface area contributed by atoms with E-state index >= 15 is 0 Å². The summed E-state index contributed by atoms with van der Waals surface area (Å²) in [4.78, 5) is 9.03. The third-order valence-corrected chi connectivity index (χ3v) is 4.42. The number of nitrogens with zero attached hydrogens (tertiary/aromatic N) is 3. The van der Waals surface area contributed by atoms with Crippen LogP contribution < -0.4 is 0 Å². The second-order valence-electron chi connectivity index (χ2n) is 5.91. The summed E-state index contributed by atoms with van der Waals surface area (Å²) in [5, 5.41) is 7.91. The molecule has 0 saturated heterocycles. The Kier molecular flexibility index (Phi) is 4.52. The lowest BCUT2D eigenvalue weighted by Gasteiger charge is -2.02. The molecule has 0 amide bonds. The molecule has 2 aromatic heterocycles. The third-order valence-electron chi connectivity index (χ3n) is 3.54. The number of rotatable bonds is 5. The Morgan fingerprint density at radius 2 is 2.04 bits per heavy atom. The third kappa shape index (κ3) is 3.64. The first kappa shape index (κ1) is 15.8. The number of benzene rings is 1. The largest absolute Gasteiger partial charge is 0.444 e. The van der Waals surface area contributed by atoms with Crippen LogP contribution in [0.15, 0.2) is 34.0 Å². The predicted octanol–water partition coefficient (Wildman–Crippen LogP) is 4.49. The van der Waals surface area contributed by atoms with Crippen LogP contribution in [0.4, 0.5) is 0 Å². The van der Waals surface area contributed by atoms with Gasteiger partial charge in [-0.1, -0.05) is 43.3 Å². The number of H-pyrrole nitrogens is 1. The molecule has 0 radical (unpaired) electrons. The zero-order valence-corrected chi connectivity index (χ0v) is 14.6. The van der Waals surface area contributed by atoms with E-state index in [0.29, 0.717) is 17.6 Å².